The van der Waals surface area contributed by atoms with Gasteiger partial charge < -0.3 is 10.1 Å². The van der Waals surface area contributed by atoms with Crippen LogP contribution in [0.15, 0.2) is 53.6 Å². The normalized spacial score (nSPS) is 10.5. The molecule has 0 atom stereocenters. The van der Waals surface area contributed by atoms with E-state index in [2.05, 4.69) is 38.4 Å². The summed E-state index contributed by atoms with van der Waals surface area (Å²) in [6, 6.07) is 14.5. The fourth-order valence-electron chi connectivity index (χ4n) is 1.94. The van der Waals surface area contributed by atoms with Crippen molar-refractivity contribution in [1.82, 2.24) is 10.7 Å². The molecule has 0 aliphatic heterocycles. The van der Waals surface area contributed by atoms with Crippen LogP contribution >= 0.6 is 22.6 Å². The molecule has 0 unspecified atom stereocenters. The Hall–Kier alpha value is -2.42. The summed E-state index contributed by atoms with van der Waals surface area (Å²) in [7, 11) is 0. The van der Waals surface area contributed by atoms with E-state index in [0.29, 0.717) is 12.2 Å². The number of hydrogen-bond donors (Lipinski definition) is 2. The summed E-state index contributed by atoms with van der Waals surface area (Å²) >= 11 is 2.08. The van der Waals surface area contributed by atoms with Gasteiger partial charge in [-0.15, -0.1) is 0 Å². The highest BCUT2D eigenvalue weighted by Gasteiger charge is 2.10. The fourth-order valence-corrected chi connectivity index (χ4v) is 2.57. The molecule has 2 amide bonds. The first-order chi connectivity index (χ1) is 12.1. The first-order valence-corrected chi connectivity index (χ1v) is 8.75. The second-order valence-corrected chi connectivity index (χ2v) is 6.12. The van der Waals surface area contributed by atoms with E-state index < -0.39 is 5.91 Å². The first-order valence-electron chi connectivity index (χ1n) is 7.67. The number of rotatable bonds is 7. The van der Waals surface area contributed by atoms with Crippen LogP contribution < -0.4 is 15.5 Å². The van der Waals surface area contributed by atoms with Crippen molar-refractivity contribution >= 4 is 40.6 Å². The molecule has 2 aromatic carbocycles. The Kier molecular flexibility index (Phi) is 7.39. The van der Waals surface area contributed by atoms with Crippen LogP contribution in [0.25, 0.3) is 0 Å². The SMILES string of the molecule is CCOc1ccc(C=NNC(=O)CNC(=O)c2ccccc2I)cc1. The molecule has 0 bridgehead atoms. The van der Waals surface area contributed by atoms with Crippen LogP contribution in [0.2, 0.25) is 0 Å². The summed E-state index contributed by atoms with van der Waals surface area (Å²) in [5, 5.41) is 6.43. The third-order valence-electron chi connectivity index (χ3n) is 3.12. The Balaban J connectivity index is 1.78. The predicted molar refractivity (Wildman–Crippen MR) is 105 cm³/mol. The van der Waals surface area contributed by atoms with E-state index in [1.807, 2.05) is 43.3 Å². The van der Waals surface area contributed by atoms with Crippen molar-refractivity contribution in [3.8, 4) is 5.75 Å². The van der Waals surface area contributed by atoms with Crippen molar-refractivity contribution in [2.75, 3.05) is 13.2 Å². The summed E-state index contributed by atoms with van der Waals surface area (Å²) in [6.45, 7) is 2.38. The minimum atomic E-state index is -0.401. The van der Waals surface area contributed by atoms with Crippen LogP contribution in [0.1, 0.15) is 22.8 Å². The van der Waals surface area contributed by atoms with Gasteiger partial charge in [0.15, 0.2) is 0 Å². The molecule has 2 rings (SSSR count). The lowest BCUT2D eigenvalue weighted by molar-refractivity contribution is -0.120. The molecule has 0 spiro atoms. The molecular weight excluding hydrogens is 433 g/mol. The van der Waals surface area contributed by atoms with Crippen LogP contribution in [0.4, 0.5) is 0 Å². The van der Waals surface area contributed by atoms with Gasteiger partial charge in [0.05, 0.1) is 24.9 Å². The molecule has 0 heterocycles. The topological polar surface area (TPSA) is 79.8 Å². The third-order valence-corrected chi connectivity index (χ3v) is 4.06. The first kappa shape index (κ1) is 18.9. The lowest BCUT2D eigenvalue weighted by Crippen LogP contribution is -2.35. The smallest absolute Gasteiger partial charge is 0.259 e. The molecule has 0 saturated heterocycles. The van der Waals surface area contributed by atoms with Gasteiger partial charge in [0.1, 0.15) is 5.75 Å². The molecule has 0 aromatic heterocycles. The minimum absolute atomic E-state index is 0.148. The van der Waals surface area contributed by atoms with E-state index in [0.717, 1.165) is 14.9 Å². The van der Waals surface area contributed by atoms with Crippen molar-refractivity contribution in [2.45, 2.75) is 6.92 Å². The maximum atomic E-state index is 12.0. The van der Waals surface area contributed by atoms with Gasteiger partial charge in [0, 0.05) is 3.57 Å². The number of halogens is 1. The number of benzene rings is 2. The maximum absolute atomic E-state index is 12.0. The van der Waals surface area contributed by atoms with E-state index in [1.165, 1.54) is 6.21 Å². The molecule has 0 saturated carbocycles. The van der Waals surface area contributed by atoms with Gasteiger partial charge in [0.2, 0.25) is 0 Å². The average Bonchev–Trinajstić information content (AvgIpc) is 2.62. The zero-order chi connectivity index (χ0) is 18.1. The highest BCUT2D eigenvalue weighted by molar-refractivity contribution is 14.1. The number of carbonyl (C=O) groups excluding carboxylic acids is 2. The molecule has 0 aliphatic carbocycles. The van der Waals surface area contributed by atoms with Crippen molar-refractivity contribution in [1.29, 1.82) is 0 Å². The van der Waals surface area contributed by atoms with E-state index in [9.17, 15) is 9.59 Å². The van der Waals surface area contributed by atoms with E-state index >= 15 is 0 Å². The largest absolute Gasteiger partial charge is 0.494 e. The predicted octanol–water partition coefficient (Wildman–Crippen LogP) is 2.57. The van der Waals surface area contributed by atoms with Crippen LogP contribution in [-0.4, -0.2) is 31.2 Å². The number of carbonyl (C=O) groups is 2. The van der Waals surface area contributed by atoms with Gasteiger partial charge in [-0.25, -0.2) is 5.43 Å². The molecule has 130 valence electrons. The highest BCUT2D eigenvalue weighted by atomic mass is 127. The molecule has 2 aromatic rings. The molecule has 6 nitrogen and oxygen atoms in total. The minimum Gasteiger partial charge on any atom is -0.494 e. The molecular formula is C18H18IN3O3. The fraction of sp³-hybridized carbons (Fsp3) is 0.167. The second-order valence-electron chi connectivity index (χ2n) is 4.96. The molecule has 0 aliphatic rings. The monoisotopic (exact) mass is 451 g/mol. The molecule has 0 fully saturated rings. The Labute approximate surface area is 159 Å². The lowest BCUT2D eigenvalue weighted by atomic mass is 10.2. The number of hydrazone groups is 1. The zero-order valence-corrected chi connectivity index (χ0v) is 15.8. The molecule has 0 radical (unpaired) electrons. The summed E-state index contributed by atoms with van der Waals surface area (Å²) in [5.41, 5.74) is 3.74. The Morgan fingerprint density at radius 3 is 2.56 bits per heavy atom. The second kappa shape index (κ2) is 9.77. The summed E-state index contributed by atoms with van der Waals surface area (Å²) in [5.74, 6) is 0.0825. The average molecular weight is 451 g/mol. The number of nitrogens with zero attached hydrogens (tertiary/aromatic N) is 1. The third kappa shape index (κ3) is 6.18. The van der Waals surface area contributed by atoms with E-state index in [1.54, 1.807) is 12.1 Å². The summed E-state index contributed by atoms with van der Waals surface area (Å²) < 4.78 is 6.17. The summed E-state index contributed by atoms with van der Waals surface area (Å²) in [4.78, 5) is 23.7. The van der Waals surface area contributed by atoms with Gasteiger partial charge >= 0.3 is 0 Å². The van der Waals surface area contributed by atoms with Crippen molar-refractivity contribution in [2.24, 2.45) is 5.10 Å². The molecule has 25 heavy (non-hydrogen) atoms. The van der Waals surface area contributed by atoms with Crippen molar-refractivity contribution in [3.05, 3.63) is 63.2 Å². The summed E-state index contributed by atoms with van der Waals surface area (Å²) in [6.07, 6.45) is 1.52. The van der Waals surface area contributed by atoms with Crippen molar-refractivity contribution in [3.63, 3.8) is 0 Å². The van der Waals surface area contributed by atoms with E-state index in [4.69, 9.17) is 4.74 Å². The maximum Gasteiger partial charge on any atom is 0.259 e. The number of amides is 2. The van der Waals surface area contributed by atoms with Gasteiger partial charge in [-0.2, -0.15) is 5.10 Å². The van der Waals surface area contributed by atoms with Gasteiger partial charge in [-0.05, 0) is 71.5 Å². The van der Waals surface area contributed by atoms with Crippen LogP contribution in [0, 0.1) is 3.57 Å². The van der Waals surface area contributed by atoms with Crippen LogP contribution in [0.3, 0.4) is 0 Å². The number of nitrogens with one attached hydrogen (secondary N) is 2. The lowest BCUT2D eigenvalue weighted by Gasteiger charge is -2.05. The highest BCUT2D eigenvalue weighted by Crippen LogP contribution is 2.11. The molecule has 2 N–H and O–H groups in total. The Morgan fingerprint density at radius 1 is 1.16 bits per heavy atom. The van der Waals surface area contributed by atoms with Gasteiger partial charge in [-0.3, -0.25) is 9.59 Å². The zero-order valence-electron chi connectivity index (χ0n) is 13.7. The van der Waals surface area contributed by atoms with Gasteiger partial charge in [0.25, 0.3) is 11.8 Å². The standard InChI is InChI=1S/C18H18IN3O3/c1-2-25-14-9-7-13(8-10-14)11-21-22-17(23)12-20-18(24)15-5-3-4-6-16(15)19/h3-11H,2,12H2,1H3,(H,20,24)(H,22,23). The Morgan fingerprint density at radius 2 is 1.88 bits per heavy atom. The quantitative estimate of drug-likeness (QED) is 0.386. The van der Waals surface area contributed by atoms with Crippen LogP contribution in [-0.2, 0) is 4.79 Å². The molecule has 7 heteroatoms. The Bertz CT molecular complexity index is 760. The number of ether oxygens (including phenoxy) is 1. The van der Waals surface area contributed by atoms with Crippen molar-refractivity contribution < 1.29 is 14.3 Å². The van der Waals surface area contributed by atoms with Gasteiger partial charge in [-0.1, -0.05) is 12.1 Å². The number of hydrogen-bond acceptors (Lipinski definition) is 4. The van der Waals surface area contributed by atoms with Crippen LogP contribution in [0.5, 0.6) is 5.75 Å². The van der Waals surface area contributed by atoms with E-state index in [-0.39, 0.29) is 12.5 Å².